The molecule has 0 spiro atoms. The zero-order valence-corrected chi connectivity index (χ0v) is 10.9. The highest BCUT2D eigenvalue weighted by Gasteiger charge is 2.06. The average molecular weight is 274 g/mol. The van der Waals surface area contributed by atoms with Gasteiger partial charge in [0.2, 0.25) is 0 Å². The second kappa shape index (κ2) is 4.60. The maximum absolute atomic E-state index is 6.12. The molecule has 1 heterocycles. The van der Waals surface area contributed by atoms with Crippen molar-refractivity contribution >= 4 is 34.0 Å². The summed E-state index contributed by atoms with van der Waals surface area (Å²) < 4.78 is 0. The van der Waals surface area contributed by atoms with Crippen molar-refractivity contribution in [1.82, 2.24) is 4.98 Å². The number of halogens is 2. The van der Waals surface area contributed by atoms with Gasteiger partial charge in [-0.25, -0.2) is 4.98 Å². The Morgan fingerprint density at radius 3 is 2.33 bits per heavy atom. The topological polar surface area (TPSA) is 12.9 Å². The van der Waals surface area contributed by atoms with Crippen molar-refractivity contribution in [2.24, 2.45) is 0 Å². The van der Waals surface area contributed by atoms with Gasteiger partial charge in [0.15, 0.2) is 0 Å². The third-order valence-electron chi connectivity index (χ3n) is 2.90. The summed E-state index contributed by atoms with van der Waals surface area (Å²) in [5, 5.41) is 2.91. The van der Waals surface area contributed by atoms with Gasteiger partial charge in [0.25, 0.3) is 0 Å². The molecule has 0 fully saturated rings. The van der Waals surface area contributed by atoms with Crippen LogP contribution in [0.1, 0.15) is 0 Å². The van der Waals surface area contributed by atoms with Gasteiger partial charge in [-0.05, 0) is 17.2 Å². The molecule has 88 valence electrons. The number of aromatic nitrogens is 1. The standard InChI is InChI=1S/C15H9Cl2N/c16-14-9-18-15(17)13-8-11(6-7-12(13)14)10-4-2-1-3-5-10/h1-9H. The molecule has 0 aliphatic heterocycles. The molecule has 3 aromatic rings. The number of fused-ring (bicyclic) bond motifs is 1. The normalized spacial score (nSPS) is 10.8. The van der Waals surface area contributed by atoms with Crippen LogP contribution in [0.2, 0.25) is 10.2 Å². The van der Waals surface area contributed by atoms with Crippen LogP contribution in [0.3, 0.4) is 0 Å². The lowest BCUT2D eigenvalue weighted by molar-refractivity contribution is 1.36. The van der Waals surface area contributed by atoms with E-state index in [2.05, 4.69) is 17.1 Å². The van der Waals surface area contributed by atoms with E-state index < -0.39 is 0 Å². The Kier molecular flexibility index (Phi) is 2.94. The van der Waals surface area contributed by atoms with Crippen LogP contribution in [-0.2, 0) is 0 Å². The lowest BCUT2D eigenvalue weighted by Crippen LogP contribution is -1.83. The van der Waals surface area contributed by atoms with Crippen LogP contribution in [0.25, 0.3) is 21.9 Å². The predicted molar refractivity (Wildman–Crippen MR) is 77.2 cm³/mol. The van der Waals surface area contributed by atoms with Gasteiger partial charge >= 0.3 is 0 Å². The van der Waals surface area contributed by atoms with Crippen molar-refractivity contribution in [3.8, 4) is 11.1 Å². The van der Waals surface area contributed by atoms with E-state index in [0.717, 1.165) is 21.9 Å². The SMILES string of the molecule is Clc1cnc(Cl)c2cc(-c3ccccc3)ccc12. The smallest absolute Gasteiger partial charge is 0.136 e. The molecule has 0 saturated carbocycles. The van der Waals surface area contributed by atoms with Crippen molar-refractivity contribution in [1.29, 1.82) is 0 Å². The van der Waals surface area contributed by atoms with Crippen LogP contribution in [0, 0.1) is 0 Å². The molecule has 0 atom stereocenters. The third-order valence-corrected chi connectivity index (χ3v) is 3.50. The molecule has 0 N–H and O–H groups in total. The van der Waals surface area contributed by atoms with Gasteiger partial charge in [0, 0.05) is 17.0 Å². The molecule has 0 radical (unpaired) electrons. The van der Waals surface area contributed by atoms with Crippen LogP contribution in [0.5, 0.6) is 0 Å². The largest absolute Gasteiger partial charge is 0.242 e. The molecular weight excluding hydrogens is 265 g/mol. The van der Waals surface area contributed by atoms with Gasteiger partial charge in [-0.1, -0.05) is 65.7 Å². The second-order valence-corrected chi connectivity index (χ2v) is 4.79. The number of hydrogen-bond donors (Lipinski definition) is 0. The minimum absolute atomic E-state index is 0.479. The Morgan fingerprint density at radius 2 is 1.56 bits per heavy atom. The molecule has 0 bridgehead atoms. The van der Waals surface area contributed by atoms with E-state index in [9.17, 15) is 0 Å². The van der Waals surface area contributed by atoms with Crippen LogP contribution >= 0.6 is 23.2 Å². The van der Waals surface area contributed by atoms with Gasteiger partial charge in [-0.15, -0.1) is 0 Å². The summed E-state index contributed by atoms with van der Waals surface area (Å²) in [5.74, 6) is 0. The van der Waals surface area contributed by atoms with Crippen LogP contribution in [0.15, 0.2) is 54.7 Å². The van der Waals surface area contributed by atoms with E-state index in [1.165, 1.54) is 0 Å². The van der Waals surface area contributed by atoms with E-state index in [0.29, 0.717) is 10.2 Å². The molecule has 1 nitrogen and oxygen atoms in total. The predicted octanol–water partition coefficient (Wildman–Crippen LogP) is 5.21. The fourth-order valence-electron chi connectivity index (χ4n) is 1.99. The van der Waals surface area contributed by atoms with E-state index in [-0.39, 0.29) is 0 Å². The fraction of sp³-hybridized carbons (Fsp3) is 0. The Morgan fingerprint density at radius 1 is 0.778 bits per heavy atom. The number of rotatable bonds is 1. The maximum atomic E-state index is 6.12. The summed E-state index contributed by atoms with van der Waals surface area (Å²) in [7, 11) is 0. The number of pyridine rings is 1. The average Bonchev–Trinajstić information content (AvgIpc) is 2.44. The van der Waals surface area contributed by atoms with Crippen LogP contribution < -0.4 is 0 Å². The minimum Gasteiger partial charge on any atom is -0.242 e. The van der Waals surface area contributed by atoms with Crippen molar-refractivity contribution in [3.63, 3.8) is 0 Å². The van der Waals surface area contributed by atoms with Crippen molar-refractivity contribution in [2.75, 3.05) is 0 Å². The van der Waals surface area contributed by atoms with Crippen LogP contribution in [-0.4, -0.2) is 4.98 Å². The Labute approximate surface area is 115 Å². The number of nitrogens with zero attached hydrogens (tertiary/aromatic N) is 1. The van der Waals surface area contributed by atoms with Crippen LogP contribution in [0.4, 0.5) is 0 Å². The van der Waals surface area contributed by atoms with E-state index in [1.54, 1.807) is 6.20 Å². The monoisotopic (exact) mass is 273 g/mol. The zero-order valence-electron chi connectivity index (χ0n) is 9.40. The second-order valence-electron chi connectivity index (χ2n) is 4.02. The molecular formula is C15H9Cl2N. The lowest BCUT2D eigenvalue weighted by atomic mass is 10.0. The Balaban J connectivity index is 2.26. The fourth-order valence-corrected chi connectivity index (χ4v) is 2.40. The Bertz CT molecular complexity index is 708. The van der Waals surface area contributed by atoms with E-state index in [4.69, 9.17) is 23.2 Å². The van der Waals surface area contributed by atoms with Gasteiger partial charge in [0.1, 0.15) is 5.15 Å². The van der Waals surface area contributed by atoms with Gasteiger partial charge in [-0.3, -0.25) is 0 Å². The summed E-state index contributed by atoms with van der Waals surface area (Å²) in [6, 6.07) is 16.2. The summed E-state index contributed by atoms with van der Waals surface area (Å²) in [4.78, 5) is 4.08. The molecule has 2 aromatic carbocycles. The molecule has 3 rings (SSSR count). The first kappa shape index (κ1) is 11.5. The molecule has 18 heavy (non-hydrogen) atoms. The number of benzene rings is 2. The first-order valence-electron chi connectivity index (χ1n) is 5.55. The third kappa shape index (κ3) is 1.96. The van der Waals surface area contributed by atoms with Gasteiger partial charge in [0.05, 0.1) is 5.02 Å². The summed E-state index contributed by atoms with van der Waals surface area (Å²) in [6.07, 6.45) is 1.58. The van der Waals surface area contributed by atoms with Gasteiger partial charge < -0.3 is 0 Å². The quantitative estimate of drug-likeness (QED) is 0.555. The van der Waals surface area contributed by atoms with E-state index in [1.807, 2.05) is 36.4 Å². The van der Waals surface area contributed by atoms with Crippen molar-refractivity contribution < 1.29 is 0 Å². The molecule has 1 aromatic heterocycles. The highest BCUT2D eigenvalue weighted by atomic mass is 35.5. The highest BCUT2D eigenvalue weighted by molar-refractivity contribution is 6.39. The number of hydrogen-bond acceptors (Lipinski definition) is 1. The molecule has 0 aliphatic carbocycles. The Hall–Kier alpha value is -1.57. The summed E-state index contributed by atoms with van der Waals surface area (Å²) in [5.41, 5.74) is 2.25. The van der Waals surface area contributed by atoms with Crippen molar-refractivity contribution in [3.05, 3.63) is 64.9 Å². The summed E-state index contributed by atoms with van der Waals surface area (Å²) in [6.45, 7) is 0. The summed E-state index contributed by atoms with van der Waals surface area (Å²) >= 11 is 12.2. The van der Waals surface area contributed by atoms with E-state index >= 15 is 0 Å². The first-order valence-corrected chi connectivity index (χ1v) is 6.30. The molecule has 0 aliphatic rings. The first-order chi connectivity index (χ1) is 8.75. The van der Waals surface area contributed by atoms with Gasteiger partial charge in [-0.2, -0.15) is 0 Å². The molecule has 0 unspecified atom stereocenters. The highest BCUT2D eigenvalue weighted by Crippen LogP contribution is 2.31. The molecule has 0 amide bonds. The molecule has 0 saturated heterocycles. The molecule has 3 heteroatoms. The zero-order chi connectivity index (χ0) is 12.5. The minimum atomic E-state index is 0.479. The lowest BCUT2D eigenvalue weighted by Gasteiger charge is -2.06. The van der Waals surface area contributed by atoms with Crippen molar-refractivity contribution in [2.45, 2.75) is 0 Å². The maximum Gasteiger partial charge on any atom is 0.136 e.